The topological polar surface area (TPSA) is 49.9 Å². The Morgan fingerprint density at radius 2 is 1.72 bits per heavy atom. The summed E-state index contributed by atoms with van der Waals surface area (Å²) in [5.74, 6) is 0.463. The fourth-order valence-corrected chi connectivity index (χ4v) is 4.08. The van der Waals surface area contributed by atoms with Crippen molar-refractivity contribution in [1.29, 1.82) is 0 Å². The van der Waals surface area contributed by atoms with Crippen LogP contribution in [-0.4, -0.2) is 60.2 Å². The van der Waals surface area contributed by atoms with Crippen LogP contribution < -0.4 is 4.74 Å². The van der Waals surface area contributed by atoms with Crippen LogP contribution >= 0.6 is 23.4 Å². The van der Waals surface area contributed by atoms with Crippen LogP contribution in [0.25, 0.3) is 0 Å². The number of thioether (sulfide) groups is 1. The molecule has 1 aliphatic heterocycles. The van der Waals surface area contributed by atoms with E-state index in [0.29, 0.717) is 38.5 Å². The number of ether oxygens (including phenoxy) is 1. The van der Waals surface area contributed by atoms with Gasteiger partial charge in [-0.05, 0) is 49.4 Å². The number of hydrogen-bond acceptors (Lipinski definition) is 4. The minimum Gasteiger partial charge on any atom is -0.494 e. The molecule has 0 unspecified atom stereocenters. The second kappa shape index (κ2) is 9.98. The Labute approximate surface area is 178 Å². The number of carbonyl (C=O) groups is 2. The van der Waals surface area contributed by atoms with E-state index in [0.717, 1.165) is 16.7 Å². The lowest BCUT2D eigenvalue weighted by Gasteiger charge is -2.35. The van der Waals surface area contributed by atoms with Gasteiger partial charge in [-0.15, -0.1) is 11.8 Å². The summed E-state index contributed by atoms with van der Waals surface area (Å²) >= 11 is 7.46. The van der Waals surface area contributed by atoms with Crippen LogP contribution in [-0.2, 0) is 4.79 Å². The number of amides is 2. The number of halogens is 2. The molecular weight excluding hydrogens is 415 g/mol. The molecule has 0 atom stereocenters. The fraction of sp³-hybridized carbons (Fsp3) is 0.333. The molecule has 2 amide bonds. The van der Waals surface area contributed by atoms with Gasteiger partial charge in [-0.3, -0.25) is 9.59 Å². The Morgan fingerprint density at radius 3 is 2.34 bits per heavy atom. The van der Waals surface area contributed by atoms with Gasteiger partial charge in [-0.25, -0.2) is 4.39 Å². The molecule has 0 spiro atoms. The smallest absolute Gasteiger partial charge is 0.255 e. The second-order valence-corrected chi connectivity index (χ2v) is 7.95. The van der Waals surface area contributed by atoms with E-state index in [9.17, 15) is 14.0 Å². The first kappa shape index (κ1) is 21.5. The fourth-order valence-electron chi connectivity index (χ4n) is 3.03. The van der Waals surface area contributed by atoms with Crippen molar-refractivity contribution in [2.75, 3.05) is 38.5 Å². The summed E-state index contributed by atoms with van der Waals surface area (Å²) in [5.41, 5.74) is 0.277. The van der Waals surface area contributed by atoms with Gasteiger partial charge in [0, 0.05) is 31.1 Å². The molecule has 1 heterocycles. The van der Waals surface area contributed by atoms with Crippen LogP contribution in [0.4, 0.5) is 4.39 Å². The van der Waals surface area contributed by atoms with Gasteiger partial charge >= 0.3 is 0 Å². The quantitative estimate of drug-likeness (QED) is 0.643. The molecule has 2 aromatic rings. The highest BCUT2D eigenvalue weighted by Crippen LogP contribution is 2.23. The van der Waals surface area contributed by atoms with Crippen molar-refractivity contribution in [3.05, 3.63) is 58.9 Å². The number of hydrogen-bond donors (Lipinski definition) is 0. The maximum Gasteiger partial charge on any atom is 0.255 e. The Balaban J connectivity index is 1.48. The lowest BCUT2D eigenvalue weighted by Crippen LogP contribution is -2.51. The summed E-state index contributed by atoms with van der Waals surface area (Å²) in [6, 6.07) is 11.4. The van der Waals surface area contributed by atoms with Crippen molar-refractivity contribution in [3.8, 4) is 5.75 Å². The lowest BCUT2D eigenvalue weighted by atomic mass is 10.1. The summed E-state index contributed by atoms with van der Waals surface area (Å²) in [7, 11) is 0. The van der Waals surface area contributed by atoms with Crippen molar-refractivity contribution < 1.29 is 18.7 Å². The Hall–Kier alpha value is -2.25. The minimum atomic E-state index is -0.480. The zero-order valence-corrected chi connectivity index (χ0v) is 17.6. The van der Waals surface area contributed by atoms with E-state index in [1.54, 1.807) is 9.80 Å². The average Bonchev–Trinajstić information content (AvgIpc) is 2.73. The van der Waals surface area contributed by atoms with E-state index in [4.69, 9.17) is 16.3 Å². The van der Waals surface area contributed by atoms with Gasteiger partial charge in [0.15, 0.2) is 0 Å². The van der Waals surface area contributed by atoms with Crippen LogP contribution in [0.1, 0.15) is 17.3 Å². The first-order chi connectivity index (χ1) is 14.0. The molecule has 0 radical (unpaired) electrons. The third-order valence-corrected chi connectivity index (χ3v) is 5.89. The van der Waals surface area contributed by atoms with Crippen LogP contribution in [0.5, 0.6) is 5.75 Å². The van der Waals surface area contributed by atoms with E-state index in [1.807, 2.05) is 31.2 Å². The van der Waals surface area contributed by atoms with Crippen LogP contribution in [0.2, 0.25) is 5.02 Å². The predicted octanol–water partition coefficient (Wildman–Crippen LogP) is 3.95. The van der Waals surface area contributed by atoms with E-state index in [1.165, 1.54) is 23.9 Å². The number of nitrogens with zero attached hydrogens (tertiary/aromatic N) is 2. The number of benzene rings is 2. The molecule has 0 N–H and O–H groups in total. The van der Waals surface area contributed by atoms with E-state index >= 15 is 0 Å². The minimum absolute atomic E-state index is 0.0378. The van der Waals surface area contributed by atoms with Crippen molar-refractivity contribution in [1.82, 2.24) is 9.80 Å². The summed E-state index contributed by atoms with van der Waals surface area (Å²) in [4.78, 5) is 29.5. The van der Waals surface area contributed by atoms with E-state index in [-0.39, 0.29) is 22.4 Å². The molecular formula is C21H22ClFN2O3S. The Morgan fingerprint density at radius 1 is 1.07 bits per heavy atom. The lowest BCUT2D eigenvalue weighted by molar-refractivity contribution is -0.129. The van der Waals surface area contributed by atoms with Crippen LogP contribution in [0.3, 0.4) is 0 Å². The van der Waals surface area contributed by atoms with Gasteiger partial charge in [0.2, 0.25) is 5.91 Å². The molecule has 0 aliphatic carbocycles. The van der Waals surface area contributed by atoms with Crippen molar-refractivity contribution >= 4 is 35.2 Å². The predicted molar refractivity (Wildman–Crippen MR) is 112 cm³/mol. The Bertz CT molecular complexity index is 871. The van der Waals surface area contributed by atoms with Crippen molar-refractivity contribution in [2.45, 2.75) is 11.8 Å². The molecule has 1 saturated heterocycles. The molecule has 3 rings (SSSR count). The van der Waals surface area contributed by atoms with E-state index < -0.39 is 5.82 Å². The monoisotopic (exact) mass is 436 g/mol. The number of piperazine rings is 1. The zero-order valence-electron chi connectivity index (χ0n) is 16.1. The third kappa shape index (κ3) is 5.64. The first-order valence-corrected chi connectivity index (χ1v) is 10.7. The van der Waals surface area contributed by atoms with Crippen LogP contribution in [0.15, 0.2) is 47.4 Å². The standard InChI is InChI=1S/C21H22ClFN2O3S/c1-2-28-16-4-6-17(7-5-16)29-14-20(26)24-9-11-25(12-10-24)21(27)18-8-3-15(23)13-19(18)22/h3-8,13H,2,9-12,14H2,1H3. The third-order valence-electron chi connectivity index (χ3n) is 4.58. The van der Waals surface area contributed by atoms with Gasteiger partial charge in [0.05, 0.1) is 22.9 Å². The molecule has 1 aliphatic rings. The van der Waals surface area contributed by atoms with Crippen LogP contribution in [0, 0.1) is 5.82 Å². The van der Waals surface area contributed by atoms with Crippen molar-refractivity contribution in [3.63, 3.8) is 0 Å². The molecule has 2 aromatic carbocycles. The van der Waals surface area contributed by atoms with Gasteiger partial charge in [0.25, 0.3) is 5.91 Å². The largest absolute Gasteiger partial charge is 0.494 e. The summed E-state index contributed by atoms with van der Waals surface area (Å²) in [5, 5.41) is 0.0975. The highest BCUT2D eigenvalue weighted by molar-refractivity contribution is 8.00. The molecule has 8 heteroatoms. The summed E-state index contributed by atoms with van der Waals surface area (Å²) < 4.78 is 18.6. The van der Waals surface area contributed by atoms with Gasteiger partial charge in [-0.2, -0.15) is 0 Å². The summed E-state index contributed by atoms with van der Waals surface area (Å²) in [6.45, 7) is 4.33. The highest BCUT2D eigenvalue weighted by atomic mass is 35.5. The highest BCUT2D eigenvalue weighted by Gasteiger charge is 2.26. The molecule has 29 heavy (non-hydrogen) atoms. The number of rotatable bonds is 6. The molecule has 5 nitrogen and oxygen atoms in total. The first-order valence-electron chi connectivity index (χ1n) is 9.35. The van der Waals surface area contributed by atoms with Crippen molar-refractivity contribution in [2.24, 2.45) is 0 Å². The summed E-state index contributed by atoms with van der Waals surface area (Å²) in [6.07, 6.45) is 0. The van der Waals surface area contributed by atoms with Gasteiger partial charge < -0.3 is 14.5 Å². The molecule has 0 saturated carbocycles. The number of carbonyl (C=O) groups excluding carboxylic acids is 2. The average molecular weight is 437 g/mol. The molecule has 0 aromatic heterocycles. The van der Waals surface area contributed by atoms with Gasteiger partial charge in [0.1, 0.15) is 11.6 Å². The second-order valence-electron chi connectivity index (χ2n) is 6.49. The Kier molecular flexibility index (Phi) is 7.39. The SMILES string of the molecule is CCOc1ccc(SCC(=O)N2CCN(C(=O)c3ccc(F)cc3Cl)CC2)cc1. The van der Waals surface area contributed by atoms with Gasteiger partial charge in [-0.1, -0.05) is 11.6 Å². The van der Waals surface area contributed by atoms with E-state index in [2.05, 4.69) is 0 Å². The normalized spacial score (nSPS) is 14.0. The molecule has 1 fully saturated rings. The molecule has 0 bridgehead atoms. The zero-order chi connectivity index (χ0) is 20.8. The molecule has 154 valence electrons. The maximum atomic E-state index is 13.2. The maximum absolute atomic E-state index is 13.2.